The van der Waals surface area contributed by atoms with E-state index in [-0.39, 0.29) is 61.3 Å². The van der Waals surface area contributed by atoms with Gasteiger partial charge in [0, 0.05) is 49.6 Å². The van der Waals surface area contributed by atoms with Gasteiger partial charge in [0.05, 0.1) is 12.1 Å². The third-order valence-corrected chi connectivity index (χ3v) is 10.5. The van der Waals surface area contributed by atoms with Crippen molar-refractivity contribution in [1.29, 1.82) is 0 Å². The molecule has 0 spiro atoms. The van der Waals surface area contributed by atoms with E-state index in [1.807, 2.05) is 84.9 Å². The maximum absolute atomic E-state index is 14.3. The van der Waals surface area contributed by atoms with E-state index < -0.39 is 58.7 Å². The number of nitrogens with one attached hydrogen (secondary N) is 3. The molecule has 0 bridgehead atoms. The minimum atomic E-state index is -1.35. The third kappa shape index (κ3) is 11.4. The number of hydrogen-bond acceptors (Lipinski definition) is 8. The maximum Gasteiger partial charge on any atom is 0.326 e. The molecule has 0 aliphatic carbocycles. The summed E-state index contributed by atoms with van der Waals surface area (Å²) < 4.78 is 0. The molecule has 13 heteroatoms. The molecule has 304 valence electrons. The normalized spacial score (nSPS) is 15.8. The number of ketones is 1. The number of carboxylic acids is 1. The molecule has 1 heterocycles. The van der Waals surface area contributed by atoms with Crippen LogP contribution in [-0.4, -0.2) is 101 Å². The summed E-state index contributed by atoms with van der Waals surface area (Å²) in [5.74, 6) is -3.98. The number of carbonyl (C=O) groups excluding carboxylic acids is 6. The minimum absolute atomic E-state index is 0.0422. The average molecular weight is 774 g/mol. The molecule has 2 aromatic carbocycles. The second-order valence-corrected chi connectivity index (χ2v) is 16.6. The molecule has 0 aromatic heterocycles. The van der Waals surface area contributed by atoms with Crippen LogP contribution < -0.4 is 16.0 Å². The first kappa shape index (κ1) is 45.2. The zero-order chi connectivity index (χ0) is 42.1. The number of nitrogens with zero attached hydrogens (tertiary/aromatic N) is 2. The molecule has 5 amide bonds. The summed E-state index contributed by atoms with van der Waals surface area (Å²) in [6.45, 7) is 15.0. The zero-order valence-electron chi connectivity index (χ0n) is 34.4. The molecule has 0 saturated carbocycles. The number of hydrogen-bond donors (Lipinski definition) is 4. The molecular weight excluding hydrogens is 714 g/mol. The zero-order valence-corrected chi connectivity index (χ0v) is 34.4. The molecule has 1 aliphatic rings. The highest BCUT2D eigenvalue weighted by Gasteiger charge is 2.42. The van der Waals surface area contributed by atoms with E-state index in [1.54, 1.807) is 20.2 Å². The standard InChI is InChI=1S/C43H59N5O8/c1-26(2)33(24-27(3)38(52)45-32(41(55)56)20-19-31(49)16-13-23-48-34(50)21-22-35(48)51)47(10)40(54)37(42(4,5)6)46-39(53)36(44-9)43(7,8)30-18-17-28-14-11-12-15-29(28)25-30/h11-12,14-15,17-18,21-22,24-26,32-33,36-37,44H,13,16,19-20,23H2,1-10H3,(H,45,52)(H,46,53)(H,55,56)/b27-24+/t32-,33-,36-,37-/m1/s1. The predicted molar refractivity (Wildman–Crippen MR) is 215 cm³/mol. The summed E-state index contributed by atoms with van der Waals surface area (Å²) in [5, 5.41) is 20.7. The van der Waals surface area contributed by atoms with E-state index in [2.05, 4.69) is 22.0 Å². The Kier molecular flexibility index (Phi) is 15.4. The number of carbonyl (C=O) groups is 7. The molecule has 0 fully saturated rings. The van der Waals surface area contributed by atoms with Gasteiger partial charge in [-0.15, -0.1) is 0 Å². The van der Waals surface area contributed by atoms with Crippen LogP contribution in [0.5, 0.6) is 0 Å². The van der Waals surface area contributed by atoms with Crippen LogP contribution in [0, 0.1) is 11.3 Å². The molecule has 2 aromatic rings. The summed E-state index contributed by atoms with van der Waals surface area (Å²) >= 11 is 0. The number of benzene rings is 2. The lowest BCUT2D eigenvalue weighted by atomic mass is 9.76. The second-order valence-electron chi connectivity index (χ2n) is 16.6. The molecule has 0 radical (unpaired) electrons. The number of fused-ring (bicyclic) bond motifs is 1. The number of likely N-dealkylation sites (N-methyl/N-ethyl adjacent to an activating group) is 2. The summed E-state index contributed by atoms with van der Waals surface area (Å²) in [6, 6.07) is 10.6. The Morgan fingerprint density at radius 1 is 0.875 bits per heavy atom. The number of aliphatic carboxylic acids is 1. The van der Waals surface area contributed by atoms with E-state index in [4.69, 9.17) is 0 Å². The number of amides is 5. The minimum Gasteiger partial charge on any atom is -0.480 e. The quantitative estimate of drug-likeness (QED) is 0.120. The van der Waals surface area contributed by atoms with Gasteiger partial charge in [-0.05, 0) is 54.5 Å². The van der Waals surface area contributed by atoms with Crippen molar-refractivity contribution in [2.24, 2.45) is 11.3 Å². The first-order valence-corrected chi connectivity index (χ1v) is 19.1. The van der Waals surface area contributed by atoms with Crippen LogP contribution in [0.15, 0.2) is 66.3 Å². The van der Waals surface area contributed by atoms with Crippen LogP contribution in [0.25, 0.3) is 10.8 Å². The Hall–Kier alpha value is -5.17. The SMILES string of the molecule is CN[C@H](C(=O)N[C@H](C(=O)N(C)[C@H](/C=C(\C)C(=O)N[C@H](CCC(=O)CCCN1C(=O)C=CC1=O)C(=O)O)C(C)C)C(C)(C)C)C(C)(C)c1ccc2ccccc2c1. The number of Topliss-reactive ketones (excluding diaryl/α,β-unsaturated/α-hetero) is 1. The summed E-state index contributed by atoms with van der Waals surface area (Å²) in [5.41, 5.74) is -0.224. The van der Waals surface area contributed by atoms with Crippen LogP contribution in [0.3, 0.4) is 0 Å². The topological polar surface area (TPSA) is 182 Å². The second kappa shape index (κ2) is 19.1. The molecule has 0 saturated heterocycles. The highest BCUT2D eigenvalue weighted by Crippen LogP contribution is 2.31. The van der Waals surface area contributed by atoms with Gasteiger partial charge >= 0.3 is 5.97 Å². The van der Waals surface area contributed by atoms with Crippen molar-refractivity contribution in [1.82, 2.24) is 25.8 Å². The molecule has 4 N–H and O–H groups in total. The van der Waals surface area contributed by atoms with E-state index in [1.165, 1.54) is 11.8 Å². The predicted octanol–water partition coefficient (Wildman–Crippen LogP) is 4.29. The number of rotatable bonds is 19. The average Bonchev–Trinajstić information content (AvgIpc) is 3.45. The molecule has 4 atom stereocenters. The lowest BCUT2D eigenvalue weighted by molar-refractivity contribution is -0.142. The van der Waals surface area contributed by atoms with Crippen LogP contribution in [0.1, 0.15) is 86.6 Å². The van der Waals surface area contributed by atoms with Crippen LogP contribution >= 0.6 is 0 Å². The summed E-state index contributed by atoms with van der Waals surface area (Å²) in [4.78, 5) is 92.2. The van der Waals surface area contributed by atoms with Gasteiger partial charge in [0.15, 0.2) is 0 Å². The van der Waals surface area contributed by atoms with Crippen LogP contribution in [0.2, 0.25) is 0 Å². The molecule has 56 heavy (non-hydrogen) atoms. The van der Waals surface area contributed by atoms with Crippen molar-refractivity contribution in [3.63, 3.8) is 0 Å². The van der Waals surface area contributed by atoms with Gasteiger partial charge in [0.2, 0.25) is 17.7 Å². The first-order chi connectivity index (χ1) is 26.1. The molecular formula is C43H59N5O8. The van der Waals surface area contributed by atoms with Crippen molar-refractivity contribution < 1.29 is 38.7 Å². The van der Waals surface area contributed by atoms with Gasteiger partial charge in [-0.25, -0.2) is 4.79 Å². The first-order valence-electron chi connectivity index (χ1n) is 19.1. The molecule has 3 rings (SSSR count). The van der Waals surface area contributed by atoms with Gasteiger partial charge in [-0.1, -0.05) is 97.0 Å². The lowest BCUT2D eigenvalue weighted by Crippen LogP contribution is -2.61. The molecule has 13 nitrogen and oxygen atoms in total. The Morgan fingerprint density at radius 3 is 2.04 bits per heavy atom. The largest absolute Gasteiger partial charge is 0.480 e. The third-order valence-electron chi connectivity index (χ3n) is 10.5. The highest BCUT2D eigenvalue weighted by atomic mass is 16.4. The molecule has 1 aliphatic heterocycles. The summed E-state index contributed by atoms with van der Waals surface area (Å²) in [7, 11) is 3.34. The van der Waals surface area contributed by atoms with Crippen LogP contribution in [0.4, 0.5) is 0 Å². The van der Waals surface area contributed by atoms with Crippen molar-refractivity contribution in [2.75, 3.05) is 20.6 Å². The smallest absolute Gasteiger partial charge is 0.326 e. The summed E-state index contributed by atoms with van der Waals surface area (Å²) in [6.07, 6.45) is 3.95. The van der Waals surface area contributed by atoms with Crippen molar-refractivity contribution >= 4 is 52.1 Å². The maximum atomic E-state index is 14.3. The van der Waals surface area contributed by atoms with Crippen molar-refractivity contribution in [2.45, 2.75) is 111 Å². The highest BCUT2D eigenvalue weighted by molar-refractivity contribution is 6.12. The van der Waals surface area contributed by atoms with Crippen LogP contribution in [-0.2, 0) is 39.0 Å². The Morgan fingerprint density at radius 2 is 1.48 bits per heavy atom. The Bertz CT molecular complexity index is 1860. The number of carboxylic acid groups (broad SMARTS) is 1. The van der Waals surface area contributed by atoms with Crippen molar-refractivity contribution in [3.05, 3.63) is 71.8 Å². The van der Waals surface area contributed by atoms with Gasteiger partial charge in [0.25, 0.3) is 11.8 Å². The Labute approximate surface area is 330 Å². The van der Waals surface area contributed by atoms with Gasteiger partial charge < -0.3 is 26.0 Å². The fourth-order valence-corrected chi connectivity index (χ4v) is 6.93. The lowest BCUT2D eigenvalue weighted by Gasteiger charge is -2.40. The monoisotopic (exact) mass is 773 g/mol. The Balaban J connectivity index is 1.71. The number of imide groups is 1. The van der Waals surface area contributed by atoms with Crippen molar-refractivity contribution in [3.8, 4) is 0 Å². The van der Waals surface area contributed by atoms with Gasteiger partial charge in [0.1, 0.15) is 17.9 Å². The molecule has 0 unspecified atom stereocenters. The van der Waals surface area contributed by atoms with E-state index in [9.17, 15) is 38.7 Å². The van der Waals surface area contributed by atoms with Gasteiger partial charge in [-0.3, -0.25) is 33.7 Å². The van der Waals surface area contributed by atoms with E-state index in [0.29, 0.717) is 0 Å². The fraction of sp³-hybridized carbons (Fsp3) is 0.512. The van der Waals surface area contributed by atoms with Gasteiger partial charge in [-0.2, -0.15) is 0 Å². The van der Waals surface area contributed by atoms with E-state index >= 15 is 0 Å². The van der Waals surface area contributed by atoms with E-state index in [0.717, 1.165) is 33.4 Å². The fourth-order valence-electron chi connectivity index (χ4n) is 6.93.